The van der Waals surface area contributed by atoms with Crippen LogP contribution in [0.1, 0.15) is 18.9 Å². The van der Waals surface area contributed by atoms with Crippen molar-refractivity contribution in [2.45, 2.75) is 25.0 Å². The highest BCUT2D eigenvalue weighted by atomic mass is 35.5. The first-order valence-electron chi connectivity index (χ1n) is 4.83. The Kier molecular flexibility index (Phi) is 2.95. The first-order valence-corrected chi connectivity index (χ1v) is 5.59. The highest BCUT2D eigenvalue weighted by Gasteiger charge is 2.41. The highest BCUT2D eigenvalue weighted by Crippen LogP contribution is 2.37. The molecule has 0 aromatic heterocycles. The van der Waals surface area contributed by atoms with Crippen LogP contribution in [0.2, 0.25) is 10.0 Å². The van der Waals surface area contributed by atoms with E-state index in [0.29, 0.717) is 23.1 Å². The van der Waals surface area contributed by atoms with E-state index in [4.69, 9.17) is 27.9 Å². The lowest BCUT2D eigenvalue weighted by Crippen LogP contribution is -2.33. The molecule has 0 radical (unpaired) electrons. The Hall–Kier alpha value is -0.280. The largest absolute Gasteiger partial charge is 0.382 e. The minimum Gasteiger partial charge on any atom is -0.382 e. The van der Waals surface area contributed by atoms with E-state index >= 15 is 0 Å². The minimum atomic E-state index is -0.936. The molecule has 0 bridgehead atoms. The molecule has 1 aliphatic heterocycles. The smallest absolute Gasteiger partial charge is 0.118 e. The number of aliphatic hydroxyl groups is 1. The van der Waals surface area contributed by atoms with E-state index in [-0.39, 0.29) is 6.10 Å². The Morgan fingerprint density at radius 3 is 2.67 bits per heavy atom. The second kappa shape index (κ2) is 3.95. The van der Waals surface area contributed by atoms with Gasteiger partial charge >= 0.3 is 0 Å². The highest BCUT2D eigenvalue weighted by molar-refractivity contribution is 6.42. The van der Waals surface area contributed by atoms with E-state index in [9.17, 15) is 5.11 Å². The van der Waals surface area contributed by atoms with Gasteiger partial charge in [0.05, 0.1) is 22.8 Å². The second-order valence-corrected chi connectivity index (χ2v) is 4.63. The Labute approximate surface area is 98.8 Å². The van der Waals surface area contributed by atoms with E-state index in [1.54, 1.807) is 18.2 Å². The van der Waals surface area contributed by atoms with Gasteiger partial charge in [-0.05, 0) is 24.6 Å². The lowest BCUT2D eigenvalue weighted by atomic mass is 9.88. The van der Waals surface area contributed by atoms with Gasteiger partial charge in [-0.2, -0.15) is 0 Å². The van der Waals surface area contributed by atoms with Crippen LogP contribution >= 0.6 is 23.2 Å². The van der Waals surface area contributed by atoms with Gasteiger partial charge in [-0.15, -0.1) is 0 Å². The summed E-state index contributed by atoms with van der Waals surface area (Å²) >= 11 is 11.7. The Morgan fingerprint density at radius 2 is 2.13 bits per heavy atom. The molecule has 0 spiro atoms. The second-order valence-electron chi connectivity index (χ2n) is 3.82. The third-order valence-corrected chi connectivity index (χ3v) is 3.68. The van der Waals surface area contributed by atoms with Crippen LogP contribution in [0.3, 0.4) is 0 Å². The fourth-order valence-corrected chi connectivity index (χ4v) is 2.17. The molecule has 1 saturated heterocycles. The summed E-state index contributed by atoms with van der Waals surface area (Å²) in [5.74, 6) is 0. The standard InChI is InChI=1S/C11H12Cl2O2/c1-7-11(14,4-5-15-7)8-2-3-9(12)10(13)6-8/h2-3,6-7,14H,4-5H2,1H3. The molecule has 0 amide bonds. The molecule has 1 fully saturated rings. The zero-order chi connectivity index (χ0) is 11.1. The summed E-state index contributed by atoms with van der Waals surface area (Å²) in [6.45, 7) is 2.42. The van der Waals surface area contributed by atoms with Crippen molar-refractivity contribution in [3.05, 3.63) is 33.8 Å². The molecular formula is C11H12Cl2O2. The van der Waals surface area contributed by atoms with Crippen LogP contribution in [0.25, 0.3) is 0 Å². The van der Waals surface area contributed by atoms with Crippen molar-refractivity contribution in [2.24, 2.45) is 0 Å². The van der Waals surface area contributed by atoms with Crippen LogP contribution in [0.5, 0.6) is 0 Å². The topological polar surface area (TPSA) is 29.5 Å². The monoisotopic (exact) mass is 246 g/mol. The zero-order valence-corrected chi connectivity index (χ0v) is 9.85. The van der Waals surface area contributed by atoms with Crippen LogP contribution in [-0.4, -0.2) is 17.8 Å². The number of benzene rings is 1. The predicted molar refractivity (Wildman–Crippen MR) is 60.4 cm³/mol. The van der Waals surface area contributed by atoms with Crippen molar-refractivity contribution in [1.82, 2.24) is 0 Å². The number of ether oxygens (including phenoxy) is 1. The van der Waals surface area contributed by atoms with Gasteiger partial charge in [0.2, 0.25) is 0 Å². The number of hydrogen-bond acceptors (Lipinski definition) is 2. The molecule has 2 unspecified atom stereocenters. The zero-order valence-electron chi connectivity index (χ0n) is 8.34. The average Bonchev–Trinajstić information content (AvgIpc) is 2.53. The average molecular weight is 247 g/mol. The molecule has 2 nitrogen and oxygen atoms in total. The van der Waals surface area contributed by atoms with E-state index in [0.717, 1.165) is 5.56 Å². The quantitative estimate of drug-likeness (QED) is 0.826. The number of hydrogen-bond donors (Lipinski definition) is 1. The maximum Gasteiger partial charge on any atom is 0.118 e. The maximum absolute atomic E-state index is 10.4. The van der Waals surface area contributed by atoms with Crippen molar-refractivity contribution in [2.75, 3.05) is 6.61 Å². The van der Waals surface area contributed by atoms with Crippen molar-refractivity contribution >= 4 is 23.2 Å². The van der Waals surface area contributed by atoms with Gasteiger partial charge in [-0.3, -0.25) is 0 Å². The van der Waals surface area contributed by atoms with Crippen molar-refractivity contribution in [3.63, 3.8) is 0 Å². The Balaban J connectivity index is 2.40. The molecule has 0 saturated carbocycles. The fourth-order valence-electron chi connectivity index (χ4n) is 1.88. The molecule has 1 N–H and O–H groups in total. The van der Waals surface area contributed by atoms with Crippen LogP contribution < -0.4 is 0 Å². The summed E-state index contributed by atoms with van der Waals surface area (Å²) in [6, 6.07) is 5.19. The fraction of sp³-hybridized carbons (Fsp3) is 0.455. The van der Waals surface area contributed by atoms with Gasteiger partial charge in [0.25, 0.3) is 0 Å². The summed E-state index contributed by atoms with van der Waals surface area (Å²) in [4.78, 5) is 0. The summed E-state index contributed by atoms with van der Waals surface area (Å²) in [6.07, 6.45) is 0.376. The lowest BCUT2D eigenvalue weighted by Gasteiger charge is -2.26. The molecule has 82 valence electrons. The van der Waals surface area contributed by atoms with Crippen LogP contribution in [0.15, 0.2) is 18.2 Å². The molecule has 1 aliphatic rings. The summed E-state index contributed by atoms with van der Waals surface area (Å²) < 4.78 is 5.37. The predicted octanol–water partition coefficient (Wildman–Crippen LogP) is 2.99. The van der Waals surface area contributed by atoms with Crippen molar-refractivity contribution in [3.8, 4) is 0 Å². The molecule has 1 aromatic carbocycles. The molecule has 15 heavy (non-hydrogen) atoms. The molecule has 2 rings (SSSR count). The van der Waals surface area contributed by atoms with E-state index in [2.05, 4.69) is 0 Å². The molecule has 4 heteroatoms. The van der Waals surface area contributed by atoms with Gasteiger partial charge < -0.3 is 9.84 Å². The number of halogens is 2. The normalized spacial score (nSPS) is 30.8. The summed E-state index contributed by atoms with van der Waals surface area (Å²) in [5, 5.41) is 11.4. The van der Waals surface area contributed by atoms with E-state index in [1.807, 2.05) is 6.92 Å². The van der Waals surface area contributed by atoms with Crippen molar-refractivity contribution < 1.29 is 9.84 Å². The van der Waals surface area contributed by atoms with Gasteiger partial charge in [-0.25, -0.2) is 0 Å². The van der Waals surface area contributed by atoms with Gasteiger partial charge in [0.15, 0.2) is 0 Å². The molecule has 1 aromatic rings. The number of rotatable bonds is 1. The lowest BCUT2D eigenvalue weighted by molar-refractivity contribution is -0.0317. The van der Waals surface area contributed by atoms with Crippen LogP contribution in [0.4, 0.5) is 0 Å². The molecular weight excluding hydrogens is 235 g/mol. The third-order valence-electron chi connectivity index (χ3n) is 2.94. The molecule has 0 aliphatic carbocycles. The third kappa shape index (κ3) is 1.87. The van der Waals surface area contributed by atoms with Crippen molar-refractivity contribution in [1.29, 1.82) is 0 Å². The molecule has 2 atom stereocenters. The first kappa shape index (κ1) is 11.2. The van der Waals surface area contributed by atoms with Gasteiger partial charge in [-0.1, -0.05) is 29.3 Å². The van der Waals surface area contributed by atoms with E-state index in [1.165, 1.54) is 0 Å². The summed E-state index contributed by atoms with van der Waals surface area (Å²) in [7, 11) is 0. The Morgan fingerprint density at radius 1 is 1.40 bits per heavy atom. The van der Waals surface area contributed by atoms with Gasteiger partial charge in [0, 0.05) is 6.42 Å². The molecule has 1 heterocycles. The first-order chi connectivity index (χ1) is 7.04. The van der Waals surface area contributed by atoms with E-state index < -0.39 is 5.60 Å². The van der Waals surface area contributed by atoms with Gasteiger partial charge in [0.1, 0.15) is 5.60 Å². The SMILES string of the molecule is CC1OCCC1(O)c1ccc(Cl)c(Cl)c1. The Bertz CT molecular complexity index is 381. The summed E-state index contributed by atoms with van der Waals surface area (Å²) in [5.41, 5.74) is -0.171. The van der Waals surface area contributed by atoms with Crippen LogP contribution in [-0.2, 0) is 10.3 Å². The minimum absolute atomic E-state index is 0.213. The maximum atomic E-state index is 10.4. The van der Waals surface area contributed by atoms with Crippen LogP contribution in [0, 0.1) is 0 Å².